The molecule has 2 nitrogen and oxygen atoms in total. The number of fused-ring (bicyclic) bond motifs is 11. The van der Waals surface area contributed by atoms with Crippen LogP contribution in [0.4, 0.5) is 0 Å². The van der Waals surface area contributed by atoms with Gasteiger partial charge in [0.25, 0.3) is 0 Å². The van der Waals surface area contributed by atoms with Gasteiger partial charge in [-0.15, -0.1) is 11.3 Å². The maximum absolute atomic E-state index is 2.61. The lowest BCUT2D eigenvalue weighted by atomic mass is 10.0. The predicted molar refractivity (Wildman–Crippen MR) is 195 cm³/mol. The third-order valence-electron chi connectivity index (χ3n) is 9.85. The van der Waals surface area contributed by atoms with Crippen molar-refractivity contribution >= 4 is 102 Å². The van der Waals surface area contributed by atoms with Crippen molar-refractivity contribution in [2.24, 2.45) is 0 Å². The summed E-state index contributed by atoms with van der Waals surface area (Å²) in [4.78, 5) is 0. The number of benzene rings is 7. The fourth-order valence-corrected chi connectivity index (χ4v) is 9.27. The van der Waals surface area contributed by atoms with E-state index in [1.54, 1.807) is 0 Å². The molecule has 0 N–H and O–H groups in total. The molecule has 4 heterocycles. The predicted octanol–water partition coefficient (Wildman–Crippen LogP) is 12.0. The number of rotatable bonds is 1. The fourth-order valence-electron chi connectivity index (χ4n) is 8.11. The van der Waals surface area contributed by atoms with Crippen LogP contribution >= 0.6 is 11.3 Å². The lowest BCUT2D eigenvalue weighted by Gasteiger charge is -2.10. The van der Waals surface area contributed by atoms with Crippen molar-refractivity contribution in [3.63, 3.8) is 0 Å². The zero-order valence-electron chi connectivity index (χ0n) is 24.2. The molecule has 0 bridgehead atoms. The van der Waals surface area contributed by atoms with E-state index in [0.29, 0.717) is 0 Å². The molecule has 11 rings (SSSR count). The molecule has 7 aromatic carbocycles. The van der Waals surface area contributed by atoms with Crippen LogP contribution in [-0.2, 0) is 0 Å². The van der Waals surface area contributed by atoms with E-state index in [4.69, 9.17) is 0 Å². The highest BCUT2D eigenvalue weighted by Crippen LogP contribution is 2.46. The van der Waals surface area contributed by atoms with Gasteiger partial charge < -0.3 is 8.97 Å². The van der Waals surface area contributed by atoms with Crippen LogP contribution in [0.2, 0.25) is 0 Å². The van der Waals surface area contributed by atoms with Crippen molar-refractivity contribution in [2.75, 3.05) is 0 Å². The first-order chi connectivity index (χ1) is 22.4. The standard InChI is InChI=1S/C42H24N2S/c1-2-11-25(12-3-1)43-34-19-7-6-15-28(34)32-23-24-33-31-18-8-17-30-27-14-5-4-13-26(27)29-16-9-21-36-38(29)39-35(20-10-22-37(39)45-36)44(40(30)31)42(33)41(32)43/h1-24H. The summed E-state index contributed by atoms with van der Waals surface area (Å²) in [5, 5.41) is 12.9. The molecule has 0 aliphatic heterocycles. The van der Waals surface area contributed by atoms with Crippen molar-refractivity contribution in [1.29, 1.82) is 0 Å². The monoisotopic (exact) mass is 588 g/mol. The molecule has 0 spiro atoms. The minimum atomic E-state index is 1.17. The Morgan fingerprint density at radius 3 is 1.69 bits per heavy atom. The van der Waals surface area contributed by atoms with Gasteiger partial charge in [-0.1, -0.05) is 109 Å². The molecule has 0 atom stereocenters. The Kier molecular flexibility index (Phi) is 4.49. The van der Waals surface area contributed by atoms with Gasteiger partial charge in [0.2, 0.25) is 0 Å². The first kappa shape index (κ1) is 23.8. The van der Waals surface area contributed by atoms with Gasteiger partial charge in [-0.25, -0.2) is 0 Å². The first-order valence-corrected chi connectivity index (χ1v) is 16.3. The highest BCUT2D eigenvalue weighted by molar-refractivity contribution is 7.26. The molecule has 0 unspecified atom stereocenters. The van der Waals surface area contributed by atoms with Gasteiger partial charge in [0.1, 0.15) is 0 Å². The lowest BCUT2D eigenvalue weighted by molar-refractivity contribution is 1.18. The van der Waals surface area contributed by atoms with E-state index in [9.17, 15) is 0 Å². The van der Waals surface area contributed by atoms with Crippen molar-refractivity contribution in [3.05, 3.63) is 146 Å². The van der Waals surface area contributed by atoms with Crippen molar-refractivity contribution < 1.29 is 0 Å². The van der Waals surface area contributed by atoms with E-state index in [0.717, 1.165) is 0 Å². The average molecular weight is 589 g/mol. The molecule has 0 radical (unpaired) electrons. The van der Waals surface area contributed by atoms with Crippen LogP contribution < -0.4 is 0 Å². The van der Waals surface area contributed by atoms with Gasteiger partial charge in [0.15, 0.2) is 0 Å². The van der Waals surface area contributed by atoms with Crippen LogP contribution in [0.1, 0.15) is 0 Å². The molecule has 3 heteroatoms. The van der Waals surface area contributed by atoms with Crippen LogP contribution in [0.3, 0.4) is 0 Å². The van der Waals surface area contributed by atoms with Crippen molar-refractivity contribution in [3.8, 4) is 5.69 Å². The van der Waals surface area contributed by atoms with Crippen LogP contribution in [0.25, 0.3) is 96.5 Å². The van der Waals surface area contributed by atoms with E-state index in [-0.39, 0.29) is 0 Å². The summed E-state index contributed by atoms with van der Waals surface area (Å²) < 4.78 is 7.73. The molecule has 0 saturated carbocycles. The Balaban J connectivity index is 1.58. The topological polar surface area (TPSA) is 9.34 Å². The van der Waals surface area contributed by atoms with Crippen LogP contribution in [-0.4, -0.2) is 8.97 Å². The fraction of sp³-hybridized carbons (Fsp3) is 0. The first-order valence-electron chi connectivity index (χ1n) is 15.5. The largest absolute Gasteiger partial charge is 0.307 e. The minimum Gasteiger partial charge on any atom is -0.307 e. The molecule has 208 valence electrons. The maximum Gasteiger partial charge on any atom is 0.0789 e. The normalized spacial score (nSPS) is 12.4. The quantitative estimate of drug-likeness (QED) is 0.180. The summed E-state index contributed by atoms with van der Waals surface area (Å²) >= 11 is 1.90. The van der Waals surface area contributed by atoms with Crippen LogP contribution in [0.5, 0.6) is 0 Å². The summed E-state index contributed by atoms with van der Waals surface area (Å²) in [5.41, 5.74) is 7.38. The number of hydrogen-bond donors (Lipinski definition) is 0. The second kappa shape index (κ2) is 8.50. The summed E-state index contributed by atoms with van der Waals surface area (Å²) in [5.74, 6) is 0. The maximum atomic E-state index is 2.61. The summed E-state index contributed by atoms with van der Waals surface area (Å²) in [6.07, 6.45) is 0. The number of para-hydroxylation sites is 3. The molecule has 4 aromatic heterocycles. The molecule has 0 aliphatic rings. The SMILES string of the molecule is c1ccc(-n2c3ccccc3c3ccc4c5cccc6c7ccccc7c7cccc8sc9cccc(c9c87)n(c65)c4c32)cc1. The number of aromatic nitrogens is 2. The van der Waals surface area contributed by atoms with Gasteiger partial charge in [-0.05, 0) is 52.6 Å². The Morgan fingerprint density at radius 2 is 0.867 bits per heavy atom. The summed E-state index contributed by atoms with van der Waals surface area (Å²) in [6, 6.07) is 53.9. The van der Waals surface area contributed by atoms with Gasteiger partial charge in [-0.3, -0.25) is 0 Å². The van der Waals surface area contributed by atoms with E-state index in [2.05, 4.69) is 155 Å². The summed E-state index contributed by atoms with van der Waals surface area (Å²) in [6.45, 7) is 0. The Hall–Kier alpha value is -5.64. The van der Waals surface area contributed by atoms with Crippen molar-refractivity contribution in [1.82, 2.24) is 8.97 Å². The van der Waals surface area contributed by atoms with Gasteiger partial charge in [-0.2, -0.15) is 0 Å². The summed E-state index contributed by atoms with van der Waals surface area (Å²) in [7, 11) is 0. The van der Waals surface area contributed by atoms with E-state index in [1.165, 1.54) is 96.5 Å². The number of hydrogen-bond acceptors (Lipinski definition) is 1. The van der Waals surface area contributed by atoms with Crippen LogP contribution in [0, 0.1) is 0 Å². The smallest absolute Gasteiger partial charge is 0.0789 e. The molecule has 11 aromatic rings. The third-order valence-corrected chi connectivity index (χ3v) is 11.0. The number of thiophene rings is 1. The van der Waals surface area contributed by atoms with Gasteiger partial charge in [0.05, 0.1) is 27.6 Å². The molecule has 45 heavy (non-hydrogen) atoms. The number of nitrogens with zero attached hydrogens (tertiary/aromatic N) is 2. The van der Waals surface area contributed by atoms with Crippen molar-refractivity contribution in [2.45, 2.75) is 0 Å². The molecule has 0 fully saturated rings. The Morgan fingerprint density at radius 1 is 0.333 bits per heavy atom. The highest BCUT2D eigenvalue weighted by atomic mass is 32.1. The Bertz CT molecular complexity index is 3030. The Labute approximate surface area is 261 Å². The second-order valence-electron chi connectivity index (χ2n) is 12.1. The second-order valence-corrected chi connectivity index (χ2v) is 13.1. The molecular weight excluding hydrogens is 565 g/mol. The van der Waals surface area contributed by atoms with E-state index >= 15 is 0 Å². The molecule has 0 aliphatic carbocycles. The molecule has 0 amide bonds. The zero-order valence-corrected chi connectivity index (χ0v) is 25.0. The van der Waals surface area contributed by atoms with E-state index in [1.807, 2.05) is 11.3 Å². The highest BCUT2D eigenvalue weighted by Gasteiger charge is 2.22. The van der Waals surface area contributed by atoms with Gasteiger partial charge >= 0.3 is 0 Å². The van der Waals surface area contributed by atoms with Gasteiger partial charge in [0, 0.05) is 52.8 Å². The molecule has 0 saturated heterocycles. The van der Waals surface area contributed by atoms with E-state index < -0.39 is 0 Å². The zero-order chi connectivity index (χ0) is 29.2. The third kappa shape index (κ3) is 2.94. The molecular formula is C42H24N2S. The minimum absolute atomic E-state index is 1.17. The van der Waals surface area contributed by atoms with Crippen LogP contribution in [0.15, 0.2) is 146 Å². The average Bonchev–Trinajstić information content (AvgIpc) is 3.77. The lowest BCUT2D eigenvalue weighted by Crippen LogP contribution is -1.95.